The smallest absolute Gasteiger partial charge is 0.263 e. The van der Waals surface area contributed by atoms with E-state index in [4.69, 9.17) is 0 Å². The van der Waals surface area contributed by atoms with Crippen LogP contribution in [-0.4, -0.2) is 48.3 Å². The van der Waals surface area contributed by atoms with Gasteiger partial charge in [-0.05, 0) is 24.3 Å². The molecule has 1 aromatic heterocycles. The topological polar surface area (TPSA) is 40.6 Å². The Morgan fingerprint density at radius 2 is 2.11 bits per heavy atom. The van der Waals surface area contributed by atoms with E-state index in [0.29, 0.717) is 6.42 Å². The Labute approximate surface area is 117 Å². The SMILES string of the molecule is CN1CC2(CCN(C(=O)c3cccs3)CC2)CC1=O. The number of carbonyl (C=O) groups is 2. The average molecular weight is 278 g/mol. The van der Waals surface area contributed by atoms with Crippen LogP contribution >= 0.6 is 11.3 Å². The number of amides is 2. The van der Waals surface area contributed by atoms with Crippen molar-refractivity contribution >= 4 is 23.2 Å². The van der Waals surface area contributed by atoms with Crippen molar-refractivity contribution in [2.45, 2.75) is 19.3 Å². The van der Waals surface area contributed by atoms with Crippen LogP contribution in [0.25, 0.3) is 0 Å². The summed E-state index contributed by atoms with van der Waals surface area (Å²) in [4.78, 5) is 28.5. The van der Waals surface area contributed by atoms with Crippen LogP contribution < -0.4 is 0 Å². The van der Waals surface area contributed by atoms with E-state index in [1.165, 1.54) is 11.3 Å². The largest absolute Gasteiger partial charge is 0.345 e. The molecular formula is C14H18N2O2S. The number of hydrogen-bond acceptors (Lipinski definition) is 3. The maximum absolute atomic E-state index is 12.3. The molecule has 1 spiro atoms. The zero-order valence-corrected chi connectivity index (χ0v) is 11.9. The number of piperidine rings is 1. The van der Waals surface area contributed by atoms with Crippen LogP contribution in [0.15, 0.2) is 17.5 Å². The van der Waals surface area contributed by atoms with Gasteiger partial charge in [0, 0.05) is 38.5 Å². The molecular weight excluding hydrogens is 260 g/mol. The summed E-state index contributed by atoms with van der Waals surface area (Å²) in [6, 6.07) is 3.79. The molecule has 4 nitrogen and oxygen atoms in total. The minimum Gasteiger partial charge on any atom is -0.345 e. The third kappa shape index (κ3) is 2.27. The van der Waals surface area contributed by atoms with E-state index in [9.17, 15) is 9.59 Å². The molecule has 2 aliphatic heterocycles. The average Bonchev–Trinajstić information content (AvgIpc) is 3.00. The van der Waals surface area contributed by atoms with Crippen molar-refractivity contribution in [2.75, 3.05) is 26.7 Å². The molecule has 0 radical (unpaired) electrons. The summed E-state index contributed by atoms with van der Waals surface area (Å²) >= 11 is 1.50. The predicted molar refractivity (Wildman–Crippen MR) is 74.1 cm³/mol. The zero-order valence-electron chi connectivity index (χ0n) is 11.1. The van der Waals surface area contributed by atoms with Crippen LogP contribution in [0, 0.1) is 5.41 Å². The summed E-state index contributed by atoms with van der Waals surface area (Å²) in [5, 5.41) is 1.93. The second kappa shape index (κ2) is 4.63. The van der Waals surface area contributed by atoms with Gasteiger partial charge in [-0.15, -0.1) is 11.3 Å². The van der Waals surface area contributed by atoms with Crippen molar-refractivity contribution in [3.63, 3.8) is 0 Å². The van der Waals surface area contributed by atoms with Gasteiger partial charge < -0.3 is 9.80 Å². The van der Waals surface area contributed by atoms with Crippen LogP contribution in [0.3, 0.4) is 0 Å². The van der Waals surface area contributed by atoms with Crippen LogP contribution in [0.4, 0.5) is 0 Å². The Balaban J connectivity index is 1.64. The van der Waals surface area contributed by atoms with Gasteiger partial charge in [0.05, 0.1) is 4.88 Å². The van der Waals surface area contributed by atoms with Crippen molar-refractivity contribution < 1.29 is 9.59 Å². The maximum atomic E-state index is 12.3. The number of carbonyl (C=O) groups excluding carboxylic acids is 2. The molecule has 0 atom stereocenters. The molecule has 0 aromatic carbocycles. The van der Waals surface area contributed by atoms with E-state index >= 15 is 0 Å². The van der Waals surface area contributed by atoms with Gasteiger partial charge in [0.1, 0.15) is 0 Å². The maximum Gasteiger partial charge on any atom is 0.263 e. The lowest BCUT2D eigenvalue weighted by Crippen LogP contribution is -2.43. The van der Waals surface area contributed by atoms with Crippen molar-refractivity contribution in [3.8, 4) is 0 Å². The van der Waals surface area contributed by atoms with E-state index in [1.54, 1.807) is 0 Å². The number of thiophene rings is 1. The Morgan fingerprint density at radius 1 is 1.37 bits per heavy atom. The van der Waals surface area contributed by atoms with Gasteiger partial charge in [0.2, 0.25) is 5.91 Å². The van der Waals surface area contributed by atoms with Gasteiger partial charge in [0.15, 0.2) is 0 Å². The third-order valence-corrected chi connectivity index (χ3v) is 5.23. The molecule has 0 saturated carbocycles. The first-order chi connectivity index (χ1) is 9.10. The van der Waals surface area contributed by atoms with Crippen LogP contribution in [-0.2, 0) is 4.79 Å². The van der Waals surface area contributed by atoms with Gasteiger partial charge in [0.25, 0.3) is 5.91 Å². The third-order valence-electron chi connectivity index (χ3n) is 4.37. The molecule has 2 aliphatic rings. The summed E-state index contributed by atoms with van der Waals surface area (Å²) in [6.07, 6.45) is 2.55. The van der Waals surface area contributed by atoms with E-state index in [0.717, 1.165) is 37.4 Å². The van der Waals surface area contributed by atoms with Crippen LogP contribution in [0.5, 0.6) is 0 Å². The molecule has 0 unspecified atom stereocenters. The fourth-order valence-corrected chi connectivity index (χ4v) is 3.87. The highest BCUT2D eigenvalue weighted by molar-refractivity contribution is 7.12. The van der Waals surface area contributed by atoms with Gasteiger partial charge in [-0.3, -0.25) is 9.59 Å². The van der Waals surface area contributed by atoms with Crippen LogP contribution in [0.1, 0.15) is 28.9 Å². The lowest BCUT2D eigenvalue weighted by molar-refractivity contribution is -0.126. The minimum absolute atomic E-state index is 0.123. The van der Waals surface area contributed by atoms with Gasteiger partial charge in [-0.2, -0.15) is 0 Å². The van der Waals surface area contributed by atoms with Crippen molar-refractivity contribution in [3.05, 3.63) is 22.4 Å². The molecule has 1 aromatic rings. The minimum atomic E-state index is 0.123. The van der Waals surface area contributed by atoms with E-state index in [-0.39, 0.29) is 17.2 Å². The summed E-state index contributed by atoms with van der Waals surface area (Å²) in [6.45, 7) is 2.41. The first-order valence-corrected chi connectivity index (χ1v) is 7.54. The quantitative estimate of drug-likeness (QED) is 0.786. The normalized spacial score (nSPS) is 22.3. The van der Waals surface area contributed by atoms with Gasteiger partial charge in [-0.1, -0.05) is 6.07 Å². The molecule has 3 rings (SSSR count). The molecule has 0 bridgehead atoms. The second-order valence-electron chi connectivity index (χ2n) is 5.70. The molecule has 0 aliphatic carbocycles. The van der Waals surface area contributed by atoms with E-state index in [1.807, 2.05) is 34.4 Å². The number of nitrogens with zero attached hydrogens (tertiary/aromatic N) is 2. The molecule has 3 heterocycles. The lowest BCUT2D eigenvalue weighted by Gasteiger charge is -2.38. The molecule has 0 N–H and O–H groups in total. The summed E-state index contributed by atoms with van der Waals surface area (Å²) in [5.74, 6) is 0.389. The Hall–Kier alpha value is -1.36. The fraction of sp³-hybridized carbons (Fsp3) is 0.571. The summed E-state index contributed by atoms with van der Waals surface area (Å²) in [5.41, 5.74) is 0.123. The van der Waals surface area contributed by atoms with Crippen molar-refractivity contribution in [2.24, 2.45) is 5.41 Å². The van der Waals surface area contributed by atoms with E-state index in [2.05, 4.69) is 0 Å². The molecule has 102 valence electrons. The van der Waals surface area contributed by atoms with Gasteiger partial charge >= 0.3 is 0 Å². The first-order valence-electron chi connectivity index (χ1n) is 6.66. The van der Waals surface area contributed by atoms with Crippen LogP contribution in [0.2, 0.25) is 0 Å². The highest BCUT2D eigenvalue weighted by Gasteiger charge is 2.44. The predicted octanol–water partition coefficient (Wildman–Crippen LogP) is 1.83. The lowest BCUT2D eigenvalue weighted by atomic mass is 9.77. The van der Waals surface area contributed by atoms with Crippen molar-refractivity contribution in [1.29, 1.82) is 0 Å². The number of likely N-dealkylation sites (tertiary alicyclic amines) is 2. The zero-order chi connectivity index (χ0) is 13.5. The molecule has 19 heavy (non-hydrogen) atoms. The fourth-order valence-electron chi connectivity index (χ4n) is 3.18. The molecule has 5 heteroatoms. The van der Waals surface area contributed by atoms with E-state index < -0.39 is 0 Å². The first kappa shape index (κ1) is 12.7. The highest BCUT2D eigenvalue weighted by atomic mass is 32.1. The Bertz CT molecular complexity index is 490. The summed E-state index contributed by atoms with van der Waals surface area (Å²) < 4.78 is 0. The van der Waals surface area contributed by atoms with Crippen molar-refractivity contribution in [1.82, 2.24) is 9.80 Å². The molecule has 2 amide bonds. The Kier molecular flexibility index (Phi) is 3.09. The molecule has 2 fully saturated rings. The van der Waals surface area contributed by atoms with Gasteiger partial charge in [-0.25, -0.2) is 0 Å². The number of hydrogen-bond donors (Lipinski definition) is 0. The monoisotopic (exact) mass is 278 g/mol. The Morgan fingerprint density at radius 3 is 2.63 bits per heavy atom. The summed E-state index contributed by atoms with van der Waals surface area (Å²) in [7, 11) is 1.88. The standard InChI is InChI=1S/C14H18N2O2S/c1-15-10-14(9-12(15)17)4-6-16(7-5-14)13(18)11-3-2-8-19-11/h2-3,8H,4-7,9-10H2,1H3. The second-order valence-corrected chi connectivity index (χ2v) is 6.64. The number of rotatable bonds is 1. The molecule has 2 saturated heterocycles. The highest BCUT2D eigenvalue weighted by Crippen LogP contribution is 2.40.